The first-order valence-electron chi connectivity index (χ1n) is 3.86. The minimum Gasteiger partial charge on any atom is -0.207 e. The second-order valence-corrected chi connectivity index (χ2v) is 4.80. The van der Waals surface area contributed by atoms with E-state index in [1.165, 1.54) is 22.5 Å². The van der Waals surface area contributed by atoms with E-state index in [0.717, 1.165) is 6.07 Å². The minimum absolute atomic E-state index is 0.0324. The molecule has 0 spiro atoms. The molecule has 13 heavy (non-hydrogen) atoms. The maximum atomic E-state index is 12.7. The molecule has 1 aliphatic heterocycles. The standard InChI is InChI=1S/C8H8FNO2S/c9-7-2-1-3-8(6-7)13(11,12)10-4-5-10/h1-3,6H,4-5H2. The number of benzene rings is 1. The molecule has 0 radical (unpaired) electrons. The highest BCUT2D eigenvalue weighted by Gasteiger charge is 2.33. The fourth-order valence-electron chi connectivity index (χ4n) is 1.06. The van der Waals surface area contributed by atoms with Crippen LogP contribution in [0.4, 0.5) is 4.39 Å². The molecule has 0 saturated carbocycles. The lowest BCUT2D eigenvalue weighted by Gasteiger charge is -2.02. The Morgan fingerprint density at radius 3 is 2.54 bits per heavy atom. The molecular formula is C8H8FNO2S. The number of hydrogen-bond acceptors (Lipinski definition) is 2. The van der Waals surface area contributed by atoms with Gasteiger partial charge in [-0.05, 0) is 18.2 Å². The third kappa shape index (κ3) is 1.57. The molecule has 1 heterocycles. The van der Waals surface area contributed by atoms with Crippen molar-refractivity contribution in [3.8, 4) is 0 Å². The van der Waals surface area contributed by atoms with Gasteiger partial charge in [0.2, 0.25) is 10.0 Å². The minimum atomic E-state index is -3.39. The summed E-state index contributed by atoms with van der Waals surface area (Å²) in [5, 5.41) is 0. The zero-order chi connectivity index (χ0) is 9.47. The highest BCUT2D eigenvalue weighted by Crippen LogP contribution is 2.21. The van der Waals surface area contributed by atoms with Crippen molar-refractivity contribution in [2.75, 3.05) is 13.1 Å². The van der Waals surface area contributed by atoms with Gasteiger partial charge in [-0.25, -0.2) is 12.8 Å². The second-order valence-electron chi connectivity index (χ2n) is 2.86. The molecule has 1 aromatic rings. The lowest BCUT2D eigenvalue weighted by Crippen LogP contribution is -2.11. The van der Waals surface area contributed by atoms with Crippen molar-refractivity contribution >= 4 is 10.0 Å². The summed E-state index contributed by atoms with van der Waals surface area (Å²) in [6.45, 7) is 1.08. The predicted molar refractivity (Wildman–Crippen MR) is 45.2 cm³/mol. The lowest BCUT2D eigenvalue weighted by molar-refractivity contribution is 0.560. The molecule has 0 atom stereocenters. The summed E-state index contributed by atoms with van der Waals surface area (Å²) in [5.41, 5.74) is 0. The number of rotatable bonds is 2. The van der Waals surface area contributed by atoms with E-state index in [1.54, 1.807) is 0 Å². The maximum absolute atomic E-state index is 12.7. The van der Waals surface area contributed by atoms with Crippen molar-refractivity contribution in [3.63, 3.8) is 0 Å². The molecule has 0 unspecified atom stereocenters. The van der Waals surface area contributed by atoms with E-state index in [0.29, 0.717) is 13.1 Å². The van der Waals surface area contributed by atoms with Gasteiger partial charge in [-0.3, -0.25) is 0 Å². The van der Waals surface area contributed by atoms with Crippen molar-refractivity contribution in [1.29, 1.82) is 0 Å². The van der Waals surface area contributed by atoms with Gasteiger partial charge < -0.3 is 0 Å². The average Bonchev–Trinajstić information content (AvgIpc) is 2.86. The van der Waals surface area contributed by atoms with E-state index >= 15 is 0 Å². The van der Waals surface area contributed by atoms with Crippen LogP contribution in [0.5, 0.6) is 0 Å². The van der Waals surface area contributed by atoms with Crippen LogP contribution in [0.3, 0.4) is 0 Å². The zero-order valence-corrected chi connectivity index (χ0v) is 7.59. The summed E-state index contributed by atoms with van der Waals surface area (Å²) in [5.74, 6) is -0.525. The van der Waals surface area contributed by atoms with E-state index < -0.39 is 15.8 Å². The maximum Gasteiger partial charge on any atom is 0.243 e. The van der Waals surface area contributed by atoms with Crippen LogP contribution in [0.15, 0.2) is 29.2 Å². The van der Waals surface area contributed by atoms with Gasteiger partial charge in [0.05, 0.1) is 4.90 Å². The second kappa shape index (κ2) is 2.78. The smallest absolute Gasteiger partial charge is 0.207 e. The normalized spacial score (nSPS) is 17.3. The van der Waals surface area contributed by atoms with Gasteiger partial charge in [0.25, 0.3) is 0 Å². The van der Waals surface area contributed by atoms with E-state index in [2.05, 4.69) is 0 Å². The average molecular weight is 201 g/mol. The largest absolute Gasteiger partial charge is 0.243 e. The number of nitrogens with zero attached hydrogens (tertiary/aromatic N) is 1. The molecule has 3 nitrogen and oxygen atoms in total. The van der Waals surface area contributed by atoms with Crippen LogP contribution in [0.1, 0.15) is 0 Å². The highest BCUT2D eigenvalue weighted by atomic mass is 32.2. The van der Waals surface area contributed by atoms with Crippen LogP contribution >= 0.6 is 0 Å². The lowest BCUT2D eigenvalue weighted by atomic mass is 10.4. The molecule has 1 aromatic carbocycles. The van der Waals surface area contributed by atoms with Gasteiger partial charge in [-0.15, -0.1) is 0 Å². The van der Waals surface area contributed by atoms with E-state index in [1.807, 2.05) is 0 Å². The third-order valence-corrected chi connectivity index (χ3v) is 3.73. The molecule has 70 valence electrons. The first kappa shape index (κ1) is 8.65. The molecule has 1 aliphatic rings. The predicted octanol–water partition coefficient (Wildman–Crippen LogP) is 0.830. The van der Waals surface area contributed by atoms with Crippen molar-refractivity contribution in [3.05, 3.63) is 30.1 Å². The molecule has 2 rings (SSSR count). The van der Waals surface area contributed by atoms with Gasteiger partial charge in [-0.2, -0.15) is 4.31 Å². The van der Waals surface area contributed by atoms with Crippen LogP contribution in [0.25, 0.3) is 0 Å². The van der Waals surface area contributed by atoms with Crippen molar-refractivity contribution in [2.24, 2.45) is 0 Å². The van der Waals surface area contributed by atoms with Gasteiger partial charge >= 0.3 is 0 Å². The Bertz CT molecular complexity index is 426. The van der Waals surface area contributed by atoms with E-state index in [9.17, 15) is 12.8 Å². The van der Waals surface area contributed by atoms with Gasteiger partial charge in [0, 0.05) is 13.1 Å². The Labute approximate surface area is 75.8 Å². The van der Waals surface area contributed by atoms with Gasteiger partial charge in [0.1, 0.15) is 5.82 Å². The molecule has 0 bridgehead atoms. The molecule has 1 saturated heterocycles. The van der Waals surface area contributed by atoms with Crippen molar-refractivity contribution in [2.45, 2.75) is 4.90 Å². The number of halogens is 1. The van der Waals surface area contributed by atoms with E-state index in [-0.39, 0.29) is 4.90 Å². The fraction of sp³-hybridized carbons (Fsp3) is 0.250. The summed E-state index contributed by atoms with van der Waals surface area (Å²) >= 11 is 0. The number of sulfonamides is 1. The Hall–Kier alpha value is -0.940. The Kier molecular flexibility index (Phi) is 1.85. The first-order valence-corrected chi connectivity index (χ1v) is 5.30. The van der Waals surface area contributed by atoms with Crippen LogP contribution in [-0.2, 0) is 10.0 Å². The topological polar surface area (TPSA) is 37.1 Å². The molecule has 0 aliphatic carbocycles. The Balaban J connectivity index is 2.45. The van der Waals surface area contributed by atoms with Crippen LogP contribution in [0, 0.1) is 5.82 Å². The quantitative estimate of drug-likeness (QED) is 0.664. The number of hydrogen-bond donors (Lipinski definition) is 0. The summed E-state index contributed by atoms with van der Waals surface area (Å²) < 4.78 is 37.0. The monoisotopic (exact) mass is 201 g/mol. The first-order chi connectivity index (χ1) is 6.10. The molecule has 0 N–H and O–H groups in total. The summed E-state index contributed by atoms with van der Waals surface area (Å²) in [7, 11) is -3.39. The Morgan fingerprint density at radius 1 is 1.31 bits per heavy atom. The van der Waals surface area contributed by atoms with E-state index in [4.69, 9.17) is 0 Å². The third-order valence-electron chi connectivity index (χ3n) is 1.84. The SMILES string of the molecule is O=S(=O)(c1cccc(F)c1)N1CC1. The van der Waals surface area contributed by atoms with Gasteiger partial charge in [0.15, 0.2) is 0 Å². The molecule has 1 fully saturated rings. The summed E-state index contributed by atoms with van der Waals surface area (Å²) in [4.78, 5) is 0.0324. The van der Waals surface area contributed by atoms with Gasteiger partial charge in [-0.1, -0.05) is 6.07 Å². The van der Waals surface area contributed by atoms with Crippen LogP contribution in [-0.4, -0.2) is 25.8 Å². The molecule has 5 heteroatoms. The van der Waals surface area contributed by atoms with Crippen LogP contribution in [0.2, 0.25) is 0 Å². The summed E-state index contributed by atoms with van der Waals surface area (Å²) in [6.07, 6.45) is 0. The Morgan fingerprint density at radius 2 is 2.00 bits per heavy atom. The highest BCUT2D eigenvalue weighted by molar-refractivity contribution is 7.89. The molecular weight excluding hydrogens is 193 g/mol. The zero-order valence-electron chi connectivity index (χ0n) is 6.77. The molecule has 0 aromatic heterocycles. The van der Waals surface area contributed by atoms with Crippen LogP contribution < -0.4 is 0 Å². The fourth-order valence-corrected chi connectivity index (χ4v) is 2.43. The molecule has 0 amide bonds. The van der Waals surface area contributed by atoms with Crippen molar-refractivity contribution < 1.29 is 12.8 Å². The van der Waals surface area contributed by atoms with Crippen molar-refractivity contribution in [1.82, 2.24) is 4.31 Å². The summed E-state index contributed by atoms with van der Waals surface area (Å²) in [6, 6.07) is 5.05.